The molecule has 0 aromatic heterocycles. The van der Waals surface area contributed by atoms with E-state index in [1.54, 1.807) is 54.6 Å². The Labute approximate surface area is 427 Å². The molecule has 0 saturated carbocycles. The maximum absolute atomic E-state index is 14.4. The molecule has 388 valence electrons. The van der Waals surface area contributed by atoms with Gasteiger partial charge < -0.3 is 41.0 Å². The number of halogens is 1. The highest BCUT2D eigenvalue weighted by molar-refractivity contribution is 6.32. The van der Waals surface area contributed by atoms with Gasteiger partial charge in [-0.2, -0.15) is 0 Å². The van der Waals surface area contributed by atoms with Gasteiger partial charge >= 0.3 is 0 Å². The summed E-state index contributed by atoms with van der Waals surface area (Å²) in [4.78, 5) is 84.1. The van der Waals surface area contributed by atoms with Crippen LogP contribution >= 0.6 is 0 Å². The average Bonchev–Trinajstić information content (AvgIpc) is 4.04. The van der Waals surface area contributed by atoms with Crippen molar-refractivity contribution >= 4 is 52.0 Å². The largest absolute Gasteiger partial charge is 0.384 e. The SMILES string of the molecule is NCCCN1CCCC1=O.O=C1c2ccccc2C(=O)c2c(NCCCN3CCCC3=O)ccc(NCCCN3CCOCC3)c21.O=C1c2ccccc2C(=O)c2c(NCCCN3CCOCC3)ccc(F)c21. The Morgan fingerprint density at radius 1 is 0.452 bits per heavy atom. The summed E-state index contributed by atoms with van der Waals surface area (Å²) in [6, 6.07) is 20.2. The van der Waals surface area contributed by atoms with Crippen molar-refractivity contribution in [3.05, 3.63) is 123 Å². The number of carbonyl (C=O) groups excluding carboxylic acids is 6. The lowest BCUT2D eigenvalue weighted by atomic mass is 9.82. The molecule has 4 aromatic carbocycles. The molecule has 2 amide bonds. The van der Waals surface area contributed by atoms with Crippen LogP contribution < -0.4 is 21.7 Å². The van der Waals surface area contributed by atoms with E-state index in [-0.39, 0.29) is 39.9 Å². The number of fused-ring (bicyclic) bond motifs is 4. The van der Waals surface area contributed by atoms with E-state index in [0.29, 0.717) is 89.9 Å². The quantitative estimate of drug-likeness (QED) is 0.0765. The number of likely N-dealkylation sites (tertiary alicyclic amines) is 2. The van der Waals surface area contributed by atoms with Gasteiger partial charge in [-0.25, -0.2) is 4.39 Å². The van der Waals surface area contributed by atoms with Crippen molar-refractivity contribution in [2.75, 3.05) is 134 Å². The molecule has 0 unspecified atom stereocenters. The van der Waals surface area contributed by atoms with Crippen molar-refractivity contribution in [2.45, 2.75) is 51.4 Å². The normalized spacial score (nSPS) is 17.5. The monoisotopic (exact) mass is 1000 g/mol. The number of nitrogens with zero attached hydrogens (tertiary/aromatic N) is 4. The molecule has 6 aliphatic rings. The number of ether oxygens (including phenoxy) is 2. The van der Waals surface area contributed by atoms with Crippen molar-refractivity contribution in [1.82, 2.24) is 19.6 Å². The minimum Gasteiger partial charge on any atom is -0.384 e. The molecule has 73 heavy (non-hydrogen) atoms. The Morgan fingerprint density at radius 2 is 0.808 bits per heavy atom. The lowest BCUT2D eigenvalue weighted by Gasteiger charge is -2.27. The summed E-state index contributed by atoms with van der Waals surface area (Å²) < 4.78 is 25.1. The van der Waals surface area contributed by atoms with Gasteiger partial charge in [-0.3, -0.25) is 38.6 Å². The molecule has 4 heterocycles. The highest BCUT2D eigenvalue weighted by Gasteiger charge is 2.35. The zero-order valence-electron chi connectivity index (χ0n) is 41.8. The summed E-state index contributed by atoms with van der Waals surface area (Å²) in [7, 11) is 0. The Kier molecular flexibility index (Phi) is 18.9. The number of nitrogens with one attached hydrogen (secondary N) is 3. The standard InChI is InChI=1S/C28H34N4O4.C21H21FN2O3.C7H14N2O/c33-24-8-3-14-32(24)15-5-12-30-23-10-9-22(29-11-4-13-31-16-18-36-19-17-31)25-26(23)28(35)21-7-2-1-6-20(21)27(25)34;22-16-6-7-17(23-8-3-9-24-10-12-27-13-11-24)19-18(16)20(25)14-4-1-2-5-15(14)21(19)26;8-4-2-6-9-5-1-3-7(9)10/h1-2,6-7,9-10,29-30H,3-5,8,11-19H2;1-2,4-7,23H,3,8-13H2;1-6,8H2. The number of benzene rings is 4. The first kappa shape index (κ1) is 52.9. The first-order valence-corrected chi connectivity index (χ1v) is 26.1. The maximum Gasteiger partial charge on any atom is 0.222 e. The molecule has 2 aliphatic carbocycles. The van der Waals surface area contributed by atoms with Gasteiger partial charge in [0.25, 0.3) is 0 Å². The van der Waals surface area contributed by atoms with Gasteiger partial charge in [0.2, 0.25) is 11.8 Å². The molecule has 4 saturated heterocycles. The van der Waals surface area contributed by atoms with Crippen LogP contribution in [0.3, 0.4) is 0 Å². The van der Waals surface area contributed by atoms with Crippen molar-refractivity contribution in [3.8, 4) is 0 Å². The number of hydrogen-bond acceptors (Lipinski definition) is 14. The molecule has 4 aliphatic heterocycles. The third kappa shape index (κ3) is 13.1. The van der Waals surface area contributed by atoms with Crippen LogP contribution in [0.25, 0.3) is 0 Å². The minimum atomic E-state index is -0.656. The predicted molar refractivity (Wildman–Crippen MR) is 279 cm³/mol. The number of carbonyl (C=O) groups is 6. The van der Waals surface area contributed by atoms with Gasteiger partial charge in [-0.15, -0.1) is 0 Å². The minimum absolute atomic E-state index is 0.123. The molecular formula is C56H69FN8O8. The van der Waals surface area contributed by atoms with E-state index in [1.807, 2.05) is 21.9 Å². The number of anilines is 3. The third-order valence-electron chi connectivity index (χ3n) is 14.1. The molecule has 4 aromatic rings. The van der Waals surface area contributed by atoms with Crippen molar-refractivity contribution in [1.29, 1.82) is 0 Å². The van der Waals surface area contributed by atoms with E-state index in [2.05, 4.69) is 25.8 Å². The number of nitrogens with two attached hydrogens (primary N) is 1. The zero-order chi connectivity index (χ0) is 51.1. The summed E-state index contributed by atoms with van der Waals surface area (Å²) in [5.74, 6) is -1.14. The summed E-state index contributed by atoms with van der Waals surface area (Å²) in [5, 5.41) is 10.0. The van der Waals surface area contributed by atoms with Crippen molar-refractivity contribution < 1.29 is 42.6 Å². The second kappa shape index (κ2) is 26.0. The van der Waals surface area contributed by atoms with Crippen LogP contribution in [0.15, 0.2) is 72.8 Å². The topological polar surface area (TPSA) is 196 Å². The smallest absolute Gasteiger partial charge is 0.222 e. The highest BCUT2D eigenvalue weighted by Crippen LogP contribution is 2.37. The van der Waals surface area contributed by atoms with Crippen molar-refractivity contribution in [3.63, 3.8) is 0 Å². The van der Waals surface area contributed by atoms with Gasteiger partial charge in [0, 0.05) is 124 Å². The number of amides is 2. The van der Waals surface area contributed by atoms with Crippen molar-refractivity contribution in [2.24, 2.45) is 5.73 Å². The van der Waals surface area contributed by atoms with Gasteiger partial charge in [0.15, 0.2) is 23.1 Å². The number of morpholine rings is 2. The summed E-state index contributed by atoms with van der Waals surface area (Å²) in [6.45, 7) is 14.7. The average molecular weight is 1000 g/mol. The van der Waals surface area contributed by atoms with E-state index in [1.165, 1.54) is 6.07 Å². The molecule has 5 N–H and O–H groups in total. The molecule has 0 bridgehead atoms. The fraction of sp³-hybridized carbons (Fsp3) is 0.464. The van der Waals surface area contributed by atoms with Crippen LogP contribution in [0, 0.1) is 5.82 Å². The van der Waals surface area contributed by atoms with E-state index >= 15 is 0 Å². The van der Waals surface area contributed by atoms with Crippen LogP contribution in [0.5, 0.6) is 0 Å². The van der Waals surface area contributed by atoms with Gasteiger partial charge in [-0.05, 0) is 82.4 Å². The number of rotatable bonds is 18. The molecule has 17 heteroatoms. The Hall–Kier alpha value is -6.37. The Balaban J connectivity index is 0.000000168. The zero-order valence-corrected chi connectivity index (χ0v) is 41.8. The molecule has 0 atom stereocenters. The molecular weight excluding hydrogens is 932 g/mol. The maximum atomic E-state index is 14.4. The molecule has 0 radical (unpaired) electrons. The van der Waals surface area contributed by atoms with Crippen LogP contribution in [0.1, 0.15) is 115 Å². The van der Waals surface area contributed by atoms with E-state index in [4.69, 9.17) is 15.2 Å². The van der Waals surface area contributed by atoms with Gasteiger partial charge in [0.05, 0.1) is 48.7 Å². The molecule has 16 nitrogen and oxygen atoms in total. The summed E-state index contributed by atoms with van der Waals surface area (Å²) in [5.41, 5.74) is 9.60. The Morgan fingerprint density at radius 3 is 1.19 bits per heavy atom. The first-order chi connectivity index (χ1) is 35.6. The number of ketones is 4. The predicted octanol–water partition coefficient (Wildman–Crippen LogP) is 5.71. The third-order valence-corrected chi connectivity index (χ3v) is 14.1. The summed E-state index contributed by atoms with van der Waals surface area (Å²) in [6.07, 6.45) is 6.86. The van der Waals surface area contributed by atoms with Crippen LogP contribution in [0.4, 0.5) is 21.5 Å². The van der Waals surface area contributed by atoms with E-state index in [0.717, 1.165) is 130 Å². The van der Waals surface area contributed by atoms with E-state index in [9.17, 15) is 33.2 Å². The second-order valence-electron chi connectivity index (χ2n) is 19.0. The van der Waals surface area contributed by atoms with E-state index < -0.39 is 11.6 Å². The van der Waals surface area contributed by atoms with Crippen LogP contribution in [-0.4, -0.2) is 173 Å². The van der Waals surface area contributed by atoms with Crippen LogP contribution in [-0.2, 0) is 19.1 Å². The first-order valence-electron chi connectivity index (χ1n) is 26.1. The summed E-state index contributed by atoms with van der Waals surface area (Å²) >= 11 is 0. The van der Waals surface area contributed by atoms with Gasteiger partial charge in [-0.1, -0.05) is 48.5 Å². The second-order valence-corrected chi connectivity index (χ2v) is 19.0. The van der Waals surface area contributed by atoms with Gasteiger partial charge in [0.1, 0.15) is 5.82 Å². The lowest BCUT2D eigenvalue weighted by molar-refractivity contribution is -0.128. The fourth-order valence-corrected chi connectivity index (χ4v) is 10.2. The molecule has 4 fully saturated rings. The fourth-order valence-electron chi connectivity index (χ4n) is 10.2. The lowest BCUT2D eigenvalue weighted by Crippen LogP contribution is -2.37. The highest BCUT2D eigenvalue weighted by atomic mass is 19.1. The molecule has 10 rings (SSSR count). The molecule has 0 spiro atoms. The number of hydrogen-bond donors (Lipinski definition) is 4. The van der Waals surface area contributed by atoms with Crippen LogP contribution in [0.2, 0.25) is 0 Å². The Bertz CT molecular complexity index is 2630.